The van der Waals surface area contributed by atoms with E-state index in [2.05, 4.69) is 258 Å². The molecule has 0 saturated carbocycles. The SMILES string of the molecule is CC(C)(C)c1ccc(-c2ccccc2)cc1N(c1ccccc1)c1ccc2ccc3c(N(c4ccccc4)c4cc(-c5ccccc5)ccc4C(C)(C)C)ccc4ccc1c2c43. The minimum atomic E-state index is -0.110. The zero-order chi connectivity index (χ0) is 42.6. The third-order valence-electron chi connectivity index (χ3n) is 12.4. The quantitative estimate of drug-likeness (QED) is 0.141. The standard InChI is InChI=1S/C60H52N2/c1-59(2,3)51-35-29-45(41-19-11-7-12-20-41)39-55(51)61(47-23-15-9-16-24-47)53-37-31-43-28-34-50-54(38-32-44-27-33-49(53)57(43)58(44)50)62(48-25-17-10-18-26-48)56-40-46(42-21-13-8-14-22-42)30-36-52(56)60(4,5)6/h7-40H,1-6H3. The van der Waals surface area contributed by atoms with Gasteiger partial charge in [0.05, 0.1) is 22.7 Å². The maximum Gasteiger partial charge on any atom is 0.0540 e. The molecule has 0 heterocycles. The van der Waals surface area contributed by atoms with Crippen LogP contribution in [0.25, 0.3) is 54.6 Å². The van der Waals surface area contributed by atoms with E-state index >= 15 is 0 Å². The first-order valence-corrected chi connectivity index (χ1v) is 21.9. The largest absolute Gasteiger partial charge is 0.310 e. The molecule has 2 nitrogen and oxygen atoms in total. The molecule has 302 valence electrons. The summed E-state index contributed by atoms with van der Waals surface area (Å²) >= 11 is 0. The van der Waals surface area contributed by atoms with Crippen LogP contribution in [-0.2, 0) is 10.8 Å². The Balaban J connectivity index is 1.25. The summed E-state index contributed by atoms with van der Waals surface area (Å²) < 4.78 is 0. The third kappa shape index (κ3) is 6.96. The minimum absolute atomic E-state index is 0.110. The maximum absolute atomic E-state index is 2.50. The highest BCUT2D eigenvalue weighted by Crippen LogP contribution is 2.50. The predicted octanol–water partition coefficient (Wildman–Crippen LogP) is 17.5. The fourth-order valence-electron chi connectivity index (χ4n) is 9.45. The van der Waals surface area contributed by atoms with Crippen LogP contribution in [0.4, 0.5) is 34.1 Å². The molecule has 10 rings (SSSR count). The van der Waals surface area contributed by atoms with Crippen molar-refractivity contribution in [2.75, 3.05) is 9.80 Å². The summed E-state index contributed by atoms with van der Waals surface area (Å²) in [5, 5.41) is 7.46. The molecule has 0 aliphatic rings. The molecule has 0 spiro atoms. The molecule has 10 aromatic rings. The molecule has 0 atom stereocenters. The van der Waals surface area contributed by atoms with Gasteiger partial charge < -0.3 is 9.80 Å². The van der Waals surface area contributed by atoms with E-state index in [9.17, 15) is 0 Å². The van der Waals surface area contributed by atoms with Gasteiger partial charge in [0.2, 0.25) is 0 Å². The van der Waals surface area contributed by atoms with E-state index in [1.54, 1.807) is 0 Å². The number of anilines is 6. The van der Waals surface area contributed by atoms with Crippen LogP contribution >= 0.6 is 0 Å². The van der Waals surface area contributed by atoms with Crippen molar-refractivity contribution in [1.29, 1.82) is 0 Å². The lowest BCUT2D eigenvalue weighted by Gasteiger charge is -2.34. The molecule has 0 bridgehead atoms. The van der Waals surface area contributed by atoms with E-state index in [4.69, 9.17) is 0 Å². The van der Waals surface area contributed by atoms with Gasteiger partial charge in [0.25, 0.3) is 0 Å². The Labute approximate surface area is 366 Å². The molecule has 0 aromatic heterocycles. The van der Waals surface area contributed by atoms with Gasteiger partial charge in [-0.3, -0.25) is 0 Å². The summed E-state index contributed by atoms with van der Waals surface area (Å²) in [5.41, 5.74) is 14.1. The van der Waals surface area contributed by atoms with Crippen molar-refractivity contribution in [1.82, 2.24) is 0 Å². The Kier molecular flexibility index (Phi) is 9.68. The van der Waals surface area contributed by atoms with E-state index < -0.39 is 0 Å². The zero-order valence-corrected chi connectivity index (χ0v) is 36.5. The Morgan fingerprint density at radius 1 is 0.290 bits per heavy atom. The number of nitrogens with zero attached hydrogens (tertiary/aromatic N) is 2. The Hall–Kier alpha value is -7.16. The second-order valence-electron chi connectivity index (χ2n) is 18.6. The molecule has 0 fully saturated rings. The second kappa shape index (κ2) is 15.4. The first-order chi connectivity index (χ1) is 30.0. The van der Waals surface area contributed by atoms with Gasteiger partial charge in [0.1, 0.15) is 0 Å². The van der Waals surface area contributed by atoms with Gasteiger partial charge in [-0.2, -0.15) is 0 Å². The number of hydrogen-bond donors (Lipinski definition) is 0. The average molecular weight is 801 g/mol. The highest BCUT2D eigenvalue weighted by atomic mass is 15.2. The summed E-state index contributed by atoms with van der Waals surface area (Å²) in [5.74, 6) is 0. The first kappa shape index (κ1) is 39.0. The molecule has 0 unspecified atom stereocenters. The van der Waals surface area contributed by atoms with Gasteiger partial charge in [-0.05, 0) is 114 Å². The van der Waals surface area contributed by atoms with Crippen LogP contribution in [-0.4, -0.2) is 0 Å². The highest BCUT2D eigenvalue weighted by Gasteiger charge is 2.28. The topological polar surface area (TPSA) is 6.48 Å². The van der Waals surface area contributed by atoms with Gasteiger partial charge >= 0.3 is 0 Å². The highest BCUT2D eigenvalue weighted by molar-refractivity contribution is 6.28. The predicted molar refractivity (Wildman–Crippen MR) is 268 cm³/mol. The molecule has 2 heteroatoms. The van der Waals surface area contributed by atoms with Crippen LogP contribution in [0.1, 0.15) is 52.7 Å². The van der Waals surface area contributed by atoms with Crippen molar-refractivity contribution >= 4 is 66.4 Å². The van der Waals surface area contributed by atoms with Crippen LogP contribution < -0.4 is 9.80 Å². The van der Waals surface area contributed by atoms with Crippen molar-refractivity contribution in [2.24, 2.45) is 0 Å². The van der Waals surface area contributed by atoms with Gasteiger partial charge in [0.15, 0.2) is 0 Å². The van der Waals surface area contributed by atoms with Crippen LogP contribution in [0, 0.1) is 0 Å². The molecule has 0 aliphatic heterocycles. The van der Waals surface area contributed by atoms with Gasteiger partial charge in [-0.15, -0.1) is 0 Å². The molecular formula is C60H52N2. The molecule has 10 aromatic carbocycles. The lowest BCUT2D eigenvalue weighted by atomic mass is 9.83. The summed E-state index contributed by atoms with van der Waals surface area (Å²) in [7, 11) is 0. The second-order valence-corrected chi connectivity index (χ2v) is 18.6. The van der Waals surface area contributed by atoms with Gasteiger partial charge in [-0.1, -0.05) is 199 Å². The lowest BCUT2D eigenvalue weighted by Crippen LogP contribution is -2.19. The normalized spacial score (nSPS) is 12.0. The molecule has 0 saturated heterocycles. The fraction of sp³-hybridized carbons (Fsp3) is 0.133. The van der Waals surface area contributed by atoms with E-state index in [0.29, 0.717) is 0 Å². The third-order valence-corrected chi connectivity index (χ3v) is 12.4. The smallest absolute Gasteiger partial charge is 0.0540 e. The summed E-state index contributed by atoms with van der Waals surface area (Å²) in [6, 6.07) is 76.0. The molecule has 0 aliphatic carbocycles. The summed E-state index contributed by atoms with van der Waals surface area (Å²) in [6.07, 6.45) is 0. The minimum Gasteiger partial charge on any atom is -0.310 e. The Morgan fingerprint density at radius 3 is 0.984 bits per heavy atom. The molecule has 0 radical (unpaired) electrons. The number of para-hydroxylation sites is 2. The number of hydrogen-bond acceptors (Lipinski definition) is 2. The van der Waals surface area contributed by atoms with Crippen molar-refractivity contribution in [2.45, 2.75) is 52.4 Å². The van der Waals surface area contributed by atoms with Crippen LogP contribution in [0.2, 0.25) is 0 Å². The fourth-order valence-corrected chi connectivity index (χ4v) is 9.45. The number of rotatable bonds is 8. The van der Waals surface area contributed by atoms with E-state index in [1.165, 1.54) is 77.1 Å². The zero-order valence-electron chi connectivity index (χ0n) is 36.5. The summed E-state index contributed by atoms with van der Waals surface area (Å²) in [6.45, 7) is 13.9. The summed E-state index contributed by atoms with van der Waals surface area (Å²) in [4.78, 5) is 5.00. The Bertz CT molecular complexity index is 2960. The van der Waals surface area contributed by atoms with Crippen LogP contribution in [0.3, 0.4) is 0 Å². The molecular weight excluding hydrogens is 749 g/mol. The molecule has 0 N–H and O–H groups in total. The van der Waals surface area contributed by atoms with E-state index in [-0.39, 0.29) is 10.8 Å². The van der Waals surface area contributed by atoms with Crippen molar-refractivity contribution in [3.63, 3.8) is 0 Å². The van der Waals surface area contributed by atoms with Gasteiger partial charge in [0, 0.05) is 22.1 Å². The van der Waals surface area contributed by atoms with E-state index in [0.717, 1.165) is 22.7 Å². The van der Waals surface area contributed by atoms with Crippen molar-refractivity contribution < 1.29 is 0 Å². The van der Waals surface area contributed by atoms with Gasteiger partial charge in [-0.25, -0.2) is 0 Å². The average Bonchev–Trinajstić information content (AvgIpc) is 3.29. The van der Waals surface area contributed by atoms with E-state index in [1.807, 2.05) is 0 Å². The maximum atomic E-state index is 2.50. The lowest BCUT2D eigenvalue weighted by molar-refractivity contribution is 0.591. The first-order valence-electron chi connectivity index (χ1n) is 21.9. The van der Waals surface area contributed by atoms with Crippen molar-refractivity contribution in [3.8, 4) is 22.3 Å². The monoisotopic (exact) mass is 800 g/mol. The molecule has 0 amide bonds. The number of benzene rings is 10. The van der Waals surface area contributed by atoms with Crippen LogP contribution in [0.5, 0.6) is 0 Å². The van der Waals surface area contributed by atoms with Crippen LogP contribution in [0.15, 0.2) is 206 Å². The molecule has 62 heavy (non-hydrogen) atoms. The van der Waals surface area contributed by atoms with Crippen molar-refractivity contribution in [3.05, 3.63) is 217 Å². The Morgan fingerprint density at radius 2 is 0.629 bits per heavy atom.